The Bertz CT molecular complexity index is 874. The van der Waals surface area contributed by atoms with Gasteiger partial charge in [-0.3, -0.25) is 4.79 Å². The first-order valence-corrected chi connectivity index (χ1v) is 10.9. The SMILES string of the molecule is Cc1nc(N2CCN(C)CC2)cc(N2CCN(C(=O)Cc3ccc(Cl)cc3)CC2)n1. The summed E-state index contributed by atoms with van der Waals surface area (Å²) in [7, 11) is 2.15. The minimum Gasteiger partial charge on any atom is -0.354 e. The number of aromatic nitrogens is 2. The molecule has 30 heavy (non-hydrogen) atoms. The van der Waals surface area contributed by atoms with Crippen molar-refractivity contribution in [2.24, 2.45) is 0 Å². The van der Waals surface area contributed by atoms with E-state index in [4.69, 9.17) is 11.6 Å². The number of likely N-dealkylation sites (N-methyl/N-ethyl adjacent to an activating group) is 1. The van der Waals surface area contributed by atoms with Crippen LogP contribution in [-0.2, 0) is 11.2 Å². The number of piperazine rings is 2. The highest BCUT2D eigenvalue weighted by atomic mass is 35.5. The predicted molar refractivity (Wildman–Crippen MR) is 120 cm³/mol. The highest BCUT2D eigenvalue weighted by Crippen LogP contribution is 2.22. The van der Waals surface area contributed by atoms with Gasteiger partial charge in [0.05, 0.1) is 6.42 Å². The number of carbonyl (C=O) groups excluding carboxylic acids is 1. The monoisotopic (exact) mass is 428 g/mol. The average molecular weight is 429 g/mol. The first kappa shape index (κ1) is 20.9. The molecule has 2 aromatic rings. The van der Waals surface area contributed by atoms with Gasteiger partial charge in [0.2, 0.25) is 5.91 Å². The van der Waals surface area contributed by atoms with E-state index in [0.717, 1.165) is 62.3 Å². The Morgan fingerprint density at radius 3 is 2.00 bits per heavy atom. The van der Waals surface area contributed by atoms with E-state index in [2.05, 4.69) is 37.8 Å². The van der Waals surface area contributed by atoms with E-state index >= 15 is 0 Å². The zero-order valence-corrected chi connectivity index (χ0v) is 18.5. The van der Waals surface area contributed by atoms with Crippen molar-refractivity contribution < 1.29 is 4.79 Å². The lowest BCUT2D eigenvalue weighted by Gasteiger charge is -2.37. The maximum absolute atomic E-state index is 12.7. The molecule has 1 amide bonds. The fourth-order valence-corrected chi connectivity index (χ4v) is 4.10. The number of halogens is 1. The van der Waals surface area contributed by atoms with Crippen LogP contribution in [0.1, 0.15) is 11.4 Å². The number of amides is 1. The van der Waals surface area contributed by atoms with Gasteiger partial charge in [-0.2, -0.15) is 0 Å². The van der Waals surface area contributed by atoms with Crippen molar-refractivity contribution >= 4 is 29.1 Å². The molecule has 0 saturated carbocycles. The first-order valence-electron chi connectivity index (χ1n) is 10.5. The van der Waals surface area contributed by atoms with Crippen LogP contribution in [0.4, 0.5) is 11.6 Å². The van der Waals surface area contributed by atoms with Crippen molar-refractivity contribution in [2.45, 2.75) is 13.3 Å². The lowest BCUT2D eigenvalue weighted by molar-refractivity contribution is -0.130. The topological polar surface area (TPSA) is 55.8 Å². The molecule has 0 N–H and O–H groups in total. The van der Waals surface area contributed by atoms with Crippen molar-refractivity contribution in [1.82, 2.24) is 19.8 Å². The number of hydrogen-bond acceptors (Lipinski definition) is 6. The van der Waals surface area contributed by atoms with Gasteiger partial charge in [-0.05, 0) is 31.7 Å². The summed E-state index contributed by atoms with van der Waals surface area (Å²) >= 11 is 5.93. The van der Waals surface area contributed by atoms with Gasteiger partial charge >= 0.3 is 0 Å². The molecule has 0 spiro atoms. The van der Waals surface area contributed by atoms with Gasteiger partial charge in [0.25, 0.3) is 0 Å². The second-order valence-electron chi connectivity index (χ2n) is 8.09. The molecule has 0 aliphatic carbocycles. The van der Waals surface area contributed by atoms with E-state index in [-0.39, 0.29) is 5.91 Å². The Balaban J connectivity index is 1.36. The van der Waals surface area contributed by atoms with E-state index < -0.39 is 0 Å². The van der Waals surface area contributed by atoms with Crippen LogP contribution in [0.5, 0.6) is 0 Å². The third-order valence-corrected chi connectivity index (χ3v) is 6.12. The number of benzene rings is 1. The van der Waals surface area contributed by atoms with Crippen molar-refractivity contribution in [1.29, 1.82) is 0 Å². The highest BCUT2D eigenvalue weighted by molar-refractivity contribution is 6.30. The van der Waals surface area contributed by atoms with Crippen molar-refractivity contribution in [2.75, 3.05) is 69.2 Å². The summed E-state index contributed by atoms with van der Waals surface area (Å²) in [4.78, 5) is 30.9. The molecule has 0 radical (unpaired) electrons. The van der Waals surface area contributed by atoms with Crippen LogP contribution >= 0.6 is 11.6 Å². The van der Waals surface area contributed by atoms with Crippen LogP contribution in [-0.4, -0.2) is 85.1 Å². The summed E-state index contributed by atoms with van der Waals surface area (Å²) in [5.41, 5.74) is 0.995. The third kappa shape index (κ3) is 5.02. The van der Waals surface area contributed by atoms with Crippen LogP contribution in [0, 0.1) is 6.92 Å². The molecule has 0 atom stereocenters. The third-order valence-electron chi connectivity index (χ3n) is 5.86. The zero-order chi connectivity index (χ0) is 21.1. The summed E-state index contributed by atoms with van der Waals surface area (Å²) in [6.07, 6.45) is 0.414. The fraction of sp³-hybridized carbons (Fsp3) is 0.500. The Kier molecular flexibility index (Phi) is 6.39. The maximum atomic E-state index is 12.7. The van der Waals surface area contributed by atoms with Gasteiger partial charge < -0.3 is 19.6 Å². The normalized spacial score (nSPS) is 18.0. The quantitative estimate of drug-likeness (QED) is 0.743. The largest absolute Gasteiger partial charge is 0.354 e. The second-order valence-corrected chi connectivity index (χ2v) is 8.53. The van der Waals surface area contributed by atoms with Gasteiger partial charge in [0.1, 0.15) is 17.5 Å². The Morgan fingerprint density at radius 2 is 1.43 bits per heavy atom. The minimum atomic E-state index is 0.161. The number of hydrogen-bond donors (Lipinski definition) is 0. The van der Waals surface area contributed by atoms with E-state index in [1.54, 1.807) is 0 Å². The van der Waals surface area contributed by atoms with E-state index in [0.29, 0.717) is 24.5 Å². The van der Waals surface area contributed by atoms with Crippen LogP contribution in [0.2, 0.25) is 5.02 Å². The van der Waals surface area contributed by atoms with E-state index in [9.17, 15) is 4.79 Å². The highest BCUT2D eigenvalue weighted by Gasteiger charge is 2.24. The van der Waals surface area contributed by atoms with Gasteiger partial charge in [-0.25, -0.2) is 9.97 Å². The Hall–Kier alpha value is -2.38. The van der Waals surface area contributed by atoms with E-state index in [1.807, 2.05) is 36.1 Å². The Labute approximate surface area is 183 Å². The molecule has 160 valence electrons. The number of anilines is 2. The number of nitrogens with zero attached hydrogens (tertiary/aromatic N) is 6. The lowest BCUT2D eigenvalue weighted by Crippen LogP contribution is -2.49. The maximum Gasteiger partial charge on any atom is 0.227 e. The number of carbonyl (C=O) groups is 1. The summed E-state index contributed by atoms with van der Waals surface area (Å²) in [5.74, 6) is 2.92. The molecule has 1 aromatic carbocycles. The van der Waals surface area contributed by atoms with Crippen LogP contribution < -0.4 is 9.80 Å². The Morgan fingerprint density at radius 1 is 0.900 bits per heavy atom. The van der Waals surface area contributed by atoms with Crippen LogP contribution in [0.3, 0.4) is 0 Å². The van der Waals surface area contributed by atoms with Gasteiger partial charge in [0, 0.05) is 63.4 Å². The summed E-state index contributed by atoms with van der Waals surface area (Å²) in [6, 6.07) is 9.60. The molecule has 4 rings (SSSR count). The van der Waals surface area contributed by atoms with Crippen molar-refractivity contribution in [3.63, 3.8) is 0 Å². The van der Waals surface area contributed by atoms with Crippen LogP contribution in [0.25, 0.3) is 0 Å². The summed E-state index contributed by atoms with van der Waals surface area (Å²) < 4.78 is 0. The molecule has 2 fully saturated rings. The molecule has 2 aliphatic rings. The molecule has 0 bridgehead atoms. The van der Waals surface area contributed by atoms with Crippen molar-refractivity contribution in [3.8, 4) is 0 Å². The number of rotatable bonds is 4. The molecule has 2 saturated heterocycles. The molecular weight excluding hydrogens is 400 g/mol. The van der Waals surface area contributed by atoms with Crippen molar-refractivity contribution in [3.05, 3.63) is 46.7 Å². The average Bonchev–Trinajstić information content (AvgIpc) is 2.75. The van der Waals surface area contributed by atoms with Gasteiger partial charge in [-0.15, -0.1) is 0 Å². The van der Waals surface area contributed by atoms with Crippen LogP contribution in [0.15, 0.2) is 30.3 Å². The predicted octanol–water partition coefficient (Wildman–Crippen LogP) is 2.08. The fourth-order valence-electron chi connectivity index (χ4n) is 3.97. The molecule has 0 unspecified atom stereocenters. The summed E-state index contributed by atoms with van der Waals surface area (Å²) in [5, 5.41) is 0.691. The minimum absolute atomic E-state index is 0.161. The second kappa shape index (κ2) is 9.18. The molecule has 2 aliphatic heterocycles. The van der Waals surface area contributed by atoms with E-state index in [1.165, 1.54) is 0 Å². The standard InChI is InChI=1S/C22H29ClN6O/c1-17-24-20(27-9-7-26(2)8-10-27)16-21(25-17)28-11-13-29(14-12-28)22(30)15-18-3-5-19(23)6-4-18/h3-6,16H,7-15H2,1-2H3. The first-order chi connectivity index (χ1) is 14.5. The molecular formula is C22H29ClN6O. The molecule has 8 heteroatoms. The van der Waals surface area contributed by atoms with Gasteiger partial charge in [0.15, 0.2) is 0 Å². The molecule has 1 aromatic heterocycles. The zero-order valence-electron chi connectivity index (χ0n) is 17.7. The smallest absolute Gasteiger partial charge is 0.227 e. The summed E-state index contributed by atoms with van der Waals surface area (Å²) in [6.45, 7) is 9.00. The lowest BCUT2D eigenvalue weighted by atomic mass is 10.1. The number of aryl methyl sites for hydroxylation is 1. The van der Waals surface area contributed by atoms with Gasteiger partial charge in [-0.1, -0.05) is 23.7 Å². The molecule has 3 heterocycles. The molecule has 7 nitrogen and oxygen atoms in total.